The number of hydrogen-bond acceptors (Lipinski definition) is 0. The van der Waals surface area contributed by atoms with E-state index in [1.54, 1.807) is 0 Å². The minimum absolute atomic E-state index is 0.599. The molecular weight excluding hydrogens is 144 g/mol. The fourth-order valence-electron chi connectivity index (χ4n) is 2.59. The topological polar surface area (TPSA) is 0 Å². The van der Waals surface area contributed by atoms with Crippen LogP contribution in [0.15, 0.2) is 0 Å². The molecule has 0 aliphatic heterocycles. The van der Waals surface area contributed by atoms with Crippen LogP contribution in [0.3, 0.4) is 0 Å². The van der Waals surface area contributed by atoms with Gasteiger partial charge in [-0.25, -0.2) is 0 Å². The summed E-state index contributed by atoms with van der Waals surface area (Å²) >= 11 is 0. The molecule has 1 fully saturated rings. The maximum absolute atomic E-state index is 2.50. The normalized spacial score (nSPS) is 34.0. The molecule has 0 unspecified atom stereocenters. The first-order valence-electron chi connectivity index (χ1n) is 5.52. The molecule has 1 aliphatic rings. The van der Waals surface area contributed by atoms with Crippen molar-refractivity contribution in [1.82, 2.24) is 0 Å². The highest BCUT2D eigenvalue weighted by Gasteiger charge is 2.43. The van der Waals surface area contributed by atoms with Crippen molar-refractivity contribution in [3.8, 4) is 0 Å². The minimum Gasteiger partial charge on any atom is -0.0654 e. The monoisotopic (exact) mass is 168 g/mol. The smallest absolute Gasteiger partial charge is 0.0275 e. The Balaban J connectivity index is 2.56. The predicted octanol–water partition coefficient (Wildman–Crippen LogP) is 4.39. The van der Waals surface area contributed by atoms with Crippen molar-refractivity contribution < 1.29 is 0 Å². The molecule has 0 aromatic heterocycles. The Morgan fingerprint density at radius 2 is 1.75 bits per heavy atom. The first kappa shape index (κ1) is 10.1. The maximum Gasteiger partial charge on any atom is -0.0275 e. The zero-order chi connectivity index (χ0) is 9.24. The van der Waals surface area contributed by atoms with Gasteiger partial charge >= 0.3 is 0 Å². The quantitative estimate of drug-likeness (QED) is 0.586. The van der Waals surface area contributed by atoms with Gasteiger partial charge in [-0.15, -0.1) is 0 Å². The third-order valence-corrected chi connectivity index (χ3v) is 4.25. The Morgan fingerprint density at radius 3 is 2.17 bits per heavy atom. The molecule has 0 nitrogen and oxygen atoms in total. The van der Waals surface area contributed by atoms with E-state index in [2.05, 4.69) is 27.7 Å². The zero-order valence-corrected chi connectivity index (χ0v) is 9.24. The summed E-state index contributed by atoms with van der Waals surface area (Å²) < 4.78 is 0. The van der Waals surface area contributed by atoms with Gasteiger partial charge in [0.25, 0.3) is 0 Å². The molecule has 0 spiro atoms. The first-order chi connectivity index (χ1) is 5.52. The molecule has 0 N–H and O–H groups in total. The van der Waals surface area contributed by atoms with Crippen molar-refractivity contribution in [1.29, 1.82) is 0 Å². The standard InChI is InChI=1S/C12H24/c1-5-6-9-12(4)10-7-8-11(12,2)3/h5-10H2,1-4H3/t12-/m1/s1. The highest BCUT2D eigenvalue weighted by molar-refractivity contribution is 4.94. The van der Waals surface area contributed by atoms with Crippen LogP contribution in [0, 0.1) is 10.8 Å². The number of rotatable bonds is 3. The van der Waals surface area contributed by atoms with Crippen molar-refractivity contribution in [3.63, 3.8) is 0 Å². The summed E-state index contributed by atoms with van der Waals surface area (Å²) in [5.41, 5.74) is 1.24. The molecule has 12 heavy (non-hydrogen) atoms. The molecule has 1 rings (SSSR count). The lowest BCUT2D eigenvalue weighted by atomic mass is 9.67. The van der Waals surface area contributed by atoms with Gasteiger partial charge in [0.15, 0.2) is 0 Å². The third kappa shape index (κ3) is 1.67. The van der Waals surface area contributed by atoms with E-state index in [4.69, 9.17) is 0 Å². The summed E-state index contributed by atoms with van der Waals surface area (Å²) in [5, 5.41) is 0. The molecule has 0 bridgehead atoms. The lowest BCUT2D eigenvalue weighted by molar-refractivity contribution is 0.116. The van der Waals surface area contributed by atoms with Crippen LogP contribution in [-0.2, 0) is 0 Å². The van der Waals surface area contributed by atoms with Crippen LogP contribution in [0.2, 0.25) is 0 Å². The van der Waals surface area contributed by atoms with Gasteiger partial charge in [0.1, 0.15) is 0 Å². The van der Waals surface area contributed by atoms with Crippen LogP contribution < -0.4 is 0 Å². The second-order valence-electron chi connectivity index (χ2n) is 5.40. The van der Waals surface area contributed by atoms with Gasteiger partial charge in [0.05, 0.1) is 0 Å². The lowest BCUT2D eigenvalue weighted by Gasteiger charge is -2.38. The summed E-state index contributed by atoms with van der Waals surface area (Å²) in [4.78, 5) is 0. The van der Waals surface area contributed by atoms with Crippen molar-refractivity contribution in [2.45, 2.75) is 66.2 Å². The molecule has 0 heteroatoms. The van der Waals surface area contributed by atoms with E-state index in [9.17, 15) is 0 Å². The zero-order valence-electron chi connectivity index (χ0n) is 9.24. The van der Waals surface area contributed by atoms with E-state index >= 15 is 0 Å². The second-order valence-corrected chi connectivity index (χ2v) is 5.40. The Morgan fingerprint density at radius 1 is 1.08 bits per heavy atom. The van der Waals surface area contributed by atoms with Gasteiger partial charge in [-0.3, -0.25) is 0 Å². The van der Waals surface area contributed by atoms with Gasteiger partial charge in [0, 0.05) is 0 Å². The minimum atomic E-state index is 0.599. The molecule has 1 aliphatic carbocycles. The first-order valence-corrected chi connectivity index (χ1v) is 5.52. The molecule has 0 aromatic carbocycles. The van der Waals surface area contributed by atoms with Crippen LogP contribution in [0.1, 0.15) is 66.2 Å². The largest absolute Gasteiger partial charge is 0.0654 e. The molecule has 0 heterocycles. The molecular formula is C12H24. The second kappa shape index (κ2) is 3.40. The molecule has 72 valence electrons. The van der Waals surface area contributed by atoms with Gasteiger partial charge in [-0.1, -0.05) is 47.0 Å². The Bertz CT molecular complexity index is 146. The fraction of sp³-hybridized carbons (Fsp3) is 1.00. The van der Waals surface area contributed by atoms with E-state index in [-0.39, 0.29) is 0 Å². The van der Waals surface area contributed by atoms with Crippen LogP contribution in [-0.4, -0.2) is 0 Å². The van der Waals surface area contributed by atoms with E-state index in [0.29, 0.717) is 10.8 Å². The van der Waals surface area contributed by atoms with Gasteiger partial charge in [0.2, 0.25) is 0 Å². The molecule has 1 saturated carbocycles. The predicted molar refractivity (Wildman–Crippen MR) is 55.3 cm³/mol. The molecule has 1 atom stereocenters. The molecule has 0 saturated heterocycles. The summed E-state index contributed by atoms with van der Waals surface area (Å²) in [6.07, 6.45) is 8.56. The van der Waals surface area contributed by atoms with Crippen LogP contribution in [0.4, 0.5) is 0 Å². The van der Waals surface area contributed by atoms with E-state index in [1.165, 1.54) is 38.5 Å². The summed E-state index contributed by atoms with van der Waals surface area (Å²) in [5.74, 6) is 0. The molecule has 0 radical (unpaired) electrons. The Labute approximate surface area is 77.7 Å². The van der Waals surface area contributed by atoms with Gasteiger partial charge < -0.3 is 0 Å². The number of unbranched alkanes of at least 4 members (excludes halogenated alkanes) is 1. The van der Waals surface area contributed by atoms with Crippen molar-refractivity contribution >= 4 is 0 Å². The van der Waals surface area contributed by atoms with Crippen LogP contribution >= 0.6 is 0 Å². The van der Waals surface area contributed by atoms with Crippen LogP contribution in [0.5, 0.6) is 0 Å². The van der Waals surface area contributed by atoms with E-state index < -0.39 is 0 Å². The van der Waals surface area contributed by atoms with Crippen molar-refractivity contribution in [2.75, 3.05) is 0 Å². The highest BCUT2D eigenvalue weighted by atomic mass is 14.5. The van der Waals surface area contributed by atoms with E-state index in [0.717, 1.165) is 0 Å². The van der Waals surface area contributed by atoms with Crippen LogP contribution in [0.25, 0.3) is 0 Å². The van der Waals surface area contributed by atoms with Gasteiger partial charge in [-0.05, 0) is 30.1 Å². The summed E-state index contributed by atoms with van der Waals surface area (Å²) in [7, 11) is 0. The average molecular weight is 168 g/mol. The SMILES string of the molecule is CCCC[C@]1(C)CCCC1(C)C. The summed E-state index contributed by atoms with van der Waals surface area (Å²) in [6.45, 7) is 9.70. The Kier molecular flexibility index (Phi) is 2.85. The lowest BCUT2D eigenvalue weighted by Crippen LogP contribution is -2.29. The molecule has 0 aromatic rings. The number of hydrogen-bond donors (Lipinski definition) is 0. The maximum atomic E-state index is 2.50. The third-order valence-electron chi connectivity index (χ3n) is 4.25. The van der Waals surface area contributed by atoms with Gasteiger partial charge in [-0.2, -0.15) is 0 Å². The summed E-state index contributed by atoms with van der Waals surface area (Å²) in [6, 6.07) is 0. The average Bonchev–Trinajstić information content (AvgIpc) is 2.24. The van der Waals surface area contributed by atoms with Crippen molar-refractivity contribution in [2.24, 2.45) is 10.8 Å². The highest BCUT2D eigenvalue weighted by Crippen LogP contribution is 2.54. The Hall–Kier alpha value is 0. The van der Waals surface area contributed by atoms with Crippen molar-refractivity contribution in [3.05, 3.63) is 0 Å². The fourth-order valence-corrected chi connectivity index (χ4v) is 2.59. The molecule has 0 amide bonds. The van der Waals surface area contributed by atoms with E-state index in [1.807, 2.05) is 0 Å².